The molecule has 2 aromatic heterocycles. The molecule has 2 N–H and O–H groups in total. The Hall–Kier alpha value is -3.98. The molecule has 0 bridgehead atoms. The highest BCUT2D eigenvalue weighted by atomic mass is 32.1. The quantitative estimate of drug-likeness (QED) is 0.387. The summed E-state index contributed by atoms with van der Waals surface area (Å²) in [6.45, 7) is 4.09. The topological polar surface area (TPSA) is 102 Å². The number of carbonyl (C=O) groups excluding carboxylic acids is 2. The normalized spacial score (nSPS) is 10.6. The lowest BCUT2D eigenvalue weighted by Crippen LogP contribution is -2.12. The van der Waals surface area contributed by atoms with Crippen LogP contribution in [-0.2, 0) is 11.4 Å². The minimum atomic E-state index is -0.309. The number of benzene rings is 2. The molecule has 0 fully saturated rings. The van der Waals surface area contributed by atoms with E-state index in [2.05, 4.69) is 20.6 Å². The van der Waals surface area contributed by atoms with Gasteiger partial charge in [0, 0.05) is 36.1 Å². The number of ether oxygens (including phenoxy) is 2. The van der Waals surface area contributed by atoms with Crippen LogP contribution in [0.4, 0.5) is 10.8 Å². The van der Waals surface area contributed by atoms with E-state index in [9.17, 15) is 9.59 Å². The predicted octanol–water partition coefficient (Wildman–Crippen LogP) is 4.88. The molecule has 0 spiro atoms. The summed E-state index contributed by atoms with van der Waals surface area (Å²) >= 11 is 1.33. The van der Waals surface area contributed by atoms with E-state index in [4.69, 9.17) is 9.47 Å². The van der Waals surface area contributed by atoms with Gasteiger partial charge in [-0.2, -0.15) is 0 Å². The molecule has 2 amide bonds. The Morgan fingerprint density at radius 3 is 2.67 bits per heavy atom. The van der Waals surface area contributed by atoms with Crippen molar-refractivity contribution in [2.75, 3.05) is 17.2 Å². The molecule has 0 saturated heterocycles. The molecule has 0 unspecified atom stereocenters. The fraction of sp³-hybridized carbons (Fsp3) is 0.167. The lowest BCUT2D eigenvalue weighted by Gasteiger charge is -2.13. The molecular formula is C24H22N4O4S. The number of pyridine rings is 1. The molecule has 33 heavy (non-hydrogen) atoms. The number of thiazole rings is 1. The first kappa shape index (κ1) is 22.2. The second-order valence-electron chi connectivity index (χ2n) is 7.08. The Morgan fingerprint density at radius 2 is 1.91 bits per heavy atom. The molecule has 2 heterocycles. The van der Waals surface area contributed by atoms with Gasteiger partial charge in [0.15, 0.2) is 16.6 Å². The average molecular weight is 463 g/mol. The molecule has 9 heteroatoms. The third-order valence-electron chi connectivity index (χ3n) is 4.55. The van der Waals surface area contributed by atoms with Gasteiger partial charge in [-0.3, -0.25) is 19.9 Å². The van der Waals surface area contributed by atoms with Crippen molar-refractivity contribution in [3.63, 3.8) is 0 Å². The van der Waals surface area contributed by atoms with Crippen molar-refractivity contribution >= 4 is 44.2 Å². The van der Waals surface area contributed by atoms with Gasteiger partial charge in [0.1, 0.15) is 6.61 Å². The Labute approximate surface area is 194 Å². The van der Waals surface area contributed by atoms with Crippen LogP contribution in [0.2, 0.25) is 0 Å². The van der Waals surface area contributed by atoms with Crippen LogP contribution in [0.3, 0.4) is 0 Å². The summed E-state index contributed by atoms with van der Waals surface area (Å²) in [5.41, 5.74) is 2.77. The zero-order chi connectivity index (χ0) is 23.2. The van der Waals surface area contributed by atoms with Gasteiger partial charge in [0.05, 0.1) is 16.8 Å². The number of aromatic nitrogens is 2. The Balaban J connectivity index is 1.49. The summed E-state index contributed by atoms with van der Waals surface area (Å²) < 4.78 is 12.4. The fourth-order valence-electron chi connectivity index (χ4n) is 3.11. The minimum Gasteiger partial charge on any atom is -0.490 e. The SMILES string of the molecule is CCOc1cc(C(=O)Nc2nc3ccc(NC(C)=O)cc3s2)ccc1OCc1cccnc1. The van der Waals surface area contributed by atoms with E-state index in [-0.39, 0.29) is 11.8 Å². The second-order valence-corrected chi connectivity index (χ2v) is 8.11. The van der Waals surface area contributed by atoms with Crippen LogP contribution in [0.5, 0.6) is 11.5 Å². The van der Waals surface area contributed by atoms with Gasteiger partial charge in [-0.05, 0) is 49.4 Å². The van der Waals surface area contributed by atoms with E-state index in [1.54, 1.807) is 42.7 Å². The first-order valence-electron chi connectivity index (χ1n) is 10.3. The van der Waals surface area contributed by atoms with E-state index in [1.807, 2.05) is 25.1 Å². The lowest BCUT2D eigenvalue weighted by atomic mass is 10.2. The maximum Gasteiger partial charge on any atom is 0.257 e. The molecule has 0 aliphatic rings. The minimum absolute atomic E-state index is 0.148. The number of nitrogens with zero attached hydrogens (tertiary/aromatic N) is 2. The van der Waals surface area contributed by atoms with Crippen LogP contribution in [0.1, 0.15) is 29.8 Å². The smallest absolute Gasteiger partial charge is 0.257 e. The average Bonchev–Trinajstić information content (AvgIpc) is 3.20. The van der Waals surface area contributed by atoms with Crippen molar-refractivity contribution < 1.29 is 19.1 Å². The third kappa shape index (κ3) is 5.64. The molecule has 4 rings (SSSR count). The van der Waals surface area contributed by atoms with Gasteiger partial charge in [0.25, 0.3) is 5.91 Å². The van der Waals surface area contributed by atoms with Crippen LogP contribution in [0, 0.1) is 0 Å². The van der Waals surface area contributed by atoms with E-state index < -0.39 is 0 Å². The van der Waals surface area contributed by atoms with Crippen LogP contribution >= 0.6 is 11.3 Å². The largest absolute Gasteiger partial charge is 0.490 e. The van der Waals surface area contributed by atoms with E-state index in [0.29, 0.717) is 41.1 Å². The molecule has 0 aliphatic carbocycles. The summed E-state index contributed by atoms with van der Waals surface area (Å²) in [6.07, 6.45) is 3.44. The van der Waals surface area contributed by atoms with Crippen molar-refractivity contribution in [2.24, 2.45) is 0 Å². The number of anilines is 2. The fourth-order valence-corrected chi connectivity index (χ4v) is 4.01. The highest BCUT2D eigenvalue weighted by Crippen LogP contribution is 2.31. The van der Waals surface area contributed by atoms with Crippen LogP contribution < -0.4 is 20.1 Å². The number of carbonyl (C=O) groups is 2. The van der Waals surface area contributed by atoms with Gasteiger partial charge < -0.3 is 14.8 Å². The number of nitrogens with one attached hydrogen (secondary N) is 2. The summed E-state index contributed by atoms with van der Waals surface area (Å²) in [7, 11) is 0. The van der Waals surface area contributed by atoms with E-state index in [0.717, 1.165) is 15.8 Å². The van der Waals surface area contributed by atoms with Gasteiger partial charge in [-0.1, -0.05) is 17.4 Å². The van der Waals surface area contributed by atoms with Crippen LogP contribution in [0.15, 0.2) is 60.9 Å². The second kappa shape index (κ2) is 10.1. The number of hydrogen-bond donors (Lipinski definition) is 2. The van der Waals surface area contributed by atoms with E-state index in [1.165, 1.54) is 18.3 Å². The molecule has 4 aromatic rings. The summed E-state index contributed by atoms with van der Waals surface area (Å²) in [6, 6.07) is 14.2. The Morgan fingerprint density at radius 1 is 1.03 bits per heavy atom. The highest BCUT2D eigenvalue weighted by molar-refractivity contribution is 7.22. The van der Waals surface area contributed by atoms with Gasteiger partial charge in [-0.25, -0.2) is 4.98 Å². The third-order valence-corrected chi connectivity index (χ3v) is 5.49. The molecular weight excluding hydrogens is 440 g/mol. The molecule has 0 saturated carbocycles. The zero-order valence-electron chi connectivity index (χ0n) is 18.1. The highest BCUT2D eigenvalue weighted by Gasteiger charge is 2.14. The van der Waals surface area contributed by atoms with Crippen molar-refractivity contribution in [1.82, 2.24) is 9.97 Å². The monoisotopic (exact) mass is 462 g/mol. The predicted molar refractivity (Wildman–Crippen MR) is 128 cm³/mol. The van der Waals surface area contributed by atoms with Crippen molar-refractivity contribution in [2.45, 2.75) is 20.5 Å². The molecule has 0 aliphatic heterocycles. The molecule has 0 radical (unpaired) electrons. The number of rotatable bonds is 8. The Kier molecular flexibility index (Phi) is 6.80. The maximum atomic E-state index is 12.8. The standard InChI is InChI=1S/C24H22N4O4S/c1-3-31-21-11-17(6-9-20(21)32-14-16-5-4-10-25-13-16)23(30)28-24-27-19-8-7-18(26-15(2)29)12-22(19)33-24/h4-13H,3,14H2,1-2H3,(H,26,29)(H,27,28,30). The molecule has 8 nitrogen and oxygen atoms in total. The lowest BCUT2D eigenvalue weighted by molar-refractivity contribution is -0.114. The molecule has 0 atom stereocenters. The van der Waals surface area contributed by atoms with Gasteiger partial charge in [0.2, 0.25) is 5.91 Å². The number of fused-ring (bicyclic) bond motifs is 1. The van der Waals surface area contributed by atoms with Crippen molar-refractivity contribution in [3.05, 3.63) is 72.1 Å². The molecule has 168 valence electrons. The van der Waals surface area contributed by atoms with Gasteiger partial charge >= 0.3 is 0 Å². The first-order valence-corrected chi connectivity index (χ1v) is 11.1. The van der Waals surface area contributed by atoms with Crippen LogP contribution in [-0.4, -0.2) is 28.4 Å². The molecule has 2 aromatic carbocycles. The summed E-state index contributed by atoms with van der Waals surface area (Å²) in [4.78, 5) is 32.6. The maximum absolute atomic E-state index is 12.8. The van der Waals surface area contributed by atoms with E-state index >= 15 is 0 Å². The van der Waals surface area contributed by atoms with Crippen LogP contribution in [0.25, 0.3) is 10.2 Å². The zero-order valence-corrected chi connectivity index (χ0v) is 18.9. The van der Waals surface area contributed by atoms with Crippen molar-refractivity contribution in [3.8, 4) is 11.5 Å². The number of amides is 2. The first-order chi connectivity index (χ1) is 16.0. The van der Waals surface area contributed by atoms with Gasteiger partial charge in [-0.15, -0.1) is 0 Å². The number of hydrogen-bond acceptors (Lipinski definition) is 7. The van der Waals surface area contributed by atoms with Crippen molar-refractivity contribution in [1.29, 1.82) is 0 Å². The summed E-state index contributed by atoms with van der Waals surface area (Å²) in [5, 5.41) is 6.03. The summed E-state index contributed by atoms with van der Waals surface area (Å²) in [5.74, 6) is 0.572. The Bertz CT molecular complexity index is 1290.